The molecule has 6 heteroatoms. The Morgan fingerprint density at radius 2 is 2.23 bits per heavy atom. The monoisotopic (exact) mass is 355 g/mol. The van der Waals surface area contributed by atoms with E-state index in [1.165, 1.54) is 5.56 Å². The Morgan fingerprint density at radius 3 is 2.96 bits per heavy atom. The highest BCUT2D eigenvalue weighted by molar-refractivity contribution is 5.79. The lowest BCUT2D eigenvalue weighted by molar-refractivity contribution is 0.181. The van der Waals surface area contributed by atoms with Gasteiger partial charge < -0.3 is 15.0 Å². The molecular weight excluding hydrogens is 326 g/mol. The molecule has 1 atom stereocenters. The molecule has 1 saturated heterocycles. The SMILES string of the molecule is CCNC(=NCCc1cnn(-c2ccccc2)c1)N(C)CC1CCOC1. The highest BCUT2D eigenvalue weighted by Gasteiger charge is 2.18. The van der Waals surface area contributed by atoms with Crippen molar-refractivity contribution in [1.82, 2.24) is 20.0 Å². The van der Waals surface area contributed by atoms with Gasteiger partial charge in [0.1, 0.15) is 0 Å². The first-order valence-corrected chi connectivity index (χ1v) is 9.42. The second kappa shape index (κ2) is 9.38. The van der Waals surface area contributed by atoms with Crippen LogP contribution in [-0.4, -0.2) is 60.5 Å². The quantitative estimate of drug-likeness (QED) is 0.612. The van der Waals surface area contributed by atoms with E-state index in [1.54, 1.807) is 0 Å². The average Bonchev–Trinajstić information content (AvgIpc) is 3.34. The maximum absolute atomic E-state index is 5.48. The Hall–Kier alpha value is -2.34. The molecule has 0 amide bonds. The zero-order chi connectivity index (χ0) is 18.2. The number of nitrogens with one attached hydrogen (secondary N) is 1. The third-order valence-electron chi connectivity index (χ3n) is 4.57. The standard InChI is InChI=1S/C20H29N5O/c1-3-21-20(24(2)14-18-10-12-26-16-18)22-11-9-17-13-23-25(15-17)19-7-5-4-6-8-19/h4-8,13,15,18H,3,9-12,14,16H2,1-2H3,(H,21,22). The molecule has 1 aromatic carbocycles. The Labute approximate surface area is 155 Å². The first-order valence-electron chi connectivity index (χ1n) is 9.42. The van der Waals surface area contributed by atoms with Gasteiger partial charge in [-0.2, -0.15) is 5.10 Å². The number of aliphatic imine (C=N–C) groups is 1. The van der Waals surface area contributed by atoms with Crippen molar-refractivity contribution in [3.8, 4) is 5.69 Å². The Morgan fingerprint density at radius 1 is 1.38 bits per heavy atom. The normalized spacial score (nSPS) is 17.5. The summed E-state index contributed by atoms with van der Waals surface area (Å²) >= 11 is 0. The summed E-state index contributed by atoms with van der Waals surface area (Å²) in [6.07, 6.45) is 6.02. The van der Waals surface area contributed by atoms with E-state index in [2.05, 4.69) is 47.6 Å². The van der Waals surface area contributed by atoms with Gasteiger partial charge in [-0.15, -0.1) is 0 Å². The molecule has 1 N–H and O–H groups in total. The third-order valence-corrected chi connectivity index (χ3v) is 4.57. The van der Waals surface area contributed by atoms with Crippen molar-refractivity contribution in [2.45, 2.75) is 19.8 Å². The van der Waals surface area contributed by atoms with Crippen molar-refractivity contribution in [2.75, 3.05) is 39.9 Å². The van der Waals surface area contributed by atoms with E-state index in [0.717, 1.165) is 57.3 Å². The van der Waals surface area contributed by atoms with Crippen LogP contribution in [0.3, 0.4) is 0 Å². The fourth-order valence-corrected chi connectivity index (χ4v) is 3.17. The molecule has 2 heterocycles. The minimum Gasteiger partial charge on any atom is -0.381 e. The maximum atomic E-state index is 5.48. The van der Waals surface area contributed by atoms with Gasteiger partial charge >= 0.3 is 0 Å². The summed E-state index contributed by atoms with van der Waals surface area (Å²) in [6.45, 7) is 6.45. The Bertz CT molecular complexity index is 691. The third kappa shape index (κ3) is 5.08. The van der Waals surface area contributed by atoms with Crippen LogP contribution in [0.4, 0.5) is 0 Å². The van der Waals surface area contributed by atoms with E-state index in [-0.39, 0.29) is 0 Å². The molecule has 140 valence electrons. The maximum Gasteiger partial charge on any atom is 0.193 e. The number of hydrogen-bond donors (Lipinski definition) is 1. The van der Waals surface area contributed by atoms with Gasteiger partial charge in [0.25, 0.3) is 0 Å². The number of hydrogen-bond acceptors (Lipinski definition) is 3. The van der Waals surface area contributed by atoms with Crippen LogP contribution in [0.2, 0.25) is 0 Å². The van der Waals surface area contributed by atoms with Crippen molar-refractivity contribution in [3.63, 3.8) is 0 Å². The number of benzene rings is 1. The van der Waals surface area contributed by atoms with E-state index in [4.69, 9.17) is 9.73 Å². The lowest BCUT2D eigenvalue weighted by Gasteiger charge is -2.24. The molecule has 0 bridgehead atoms. The molecule has 1 aliphatic rings. The van der Waals surface area contributed by atoms with Crippen molar-refractivity contribution in [1.29, 1.82) is 0 Å². The fourth-order valence-electron chi connectivity index (χ4n) is 3.17. The smallest absolute Gasteiger partial charge is 0.193 e. The van der Waals surface area contributed by atoms with E-state index in [9.17, 15) is 0 Å². The first kappa shape index (κ1) is 18.5. The number of ether oxygens (including phenoxy) is 1. The summed E-state index contributed by atoms with van der Waals surface area (Å²) in [4.78, 5) is 7.00. The van der Waals surface area contributed by atoms with E-state index >= 15 is 0 Å². The van der Waals surface area contributed by atoms with Gasteiger partial charge in [-0.1, -0.05) is 18.2 Å². The van der Waals surface area contributed by atoms with Crippen LogP contribution in [0.1, 0.15) is 18.9 Å². The zero-order valence-corrected chi connectivity index (χ0v) is 15.8. The number of guanidine groups is 1. The first-order chi connectivity index (χ1) is 12.8. The van der Waals surface area contributed by atoms with Gasteiger partial charge in [-0.25, -0.2) is 4.68 Å². The van der Waals surface area contributed by atoms with Crippen LogP contribution in [0.15, 0.2) is 47.7 Å². The lowest BCUT2D eigenvalue weighted by atomic mass is 10.1. The predicted molar refractivity (Wildman–Crippen MR) is 105 cm³/mol. The summed E-state index contributed by atoms with van der Waals surface area (Å²) in [5.74, 6) is 1.57. The molecule has 26 heavy (non-hydrogen) atoms. The molecular formula is C20H29N5O. The summed E-state index contributed by atoms with van der Waals surface area (Å²) < 4.78 is 7.39. The molecule has 2 aromatic rings. The average molecular weight is 355 g/mol. The topological polar surface area (TPSA) is 54.7 Å². The molecule has 1 fully saturated rings. The molecule has 6 nitrogen and oxygen atoms in total. The second-order valence-corrected chi connectivity index (χ2v) is 6.72. The molecule has 3 rings (SSSR count). The Kier molecular flexibility index (Phi) is 6.66. The van der Waals surface area contributed by atoms with Gasteiger partial charge in [-0.05, 0) is 37.5 Å². The highest BCUT2D eigenvalue weighted by atomic mass is 16.5. The van der Waals surface area contributed by atoms with Gasteiger partial charge in [-0.3, -0.25) is 4.99 Å². The predicted octanol–water partition coefficient (Wildman–Crippen LogP) is 2.35. The minimum absolute atomic E-state index is 0.605. The molecule has 0 spiro atoms. The zero-order valence-electron chi connectivity index (χ0n) is 15.8. The van der Waals surface area contributed by atoms with Crippen LogP contribution in [-0.2, 0) is 11.2 Å². The molecule has 1 aliphatic heterocycles. The Balaban J connectivity index is 1.55. The molecule has 0 radical (unpaired) electrons. The second-order valence-electron chi connectivity index (χ2n) is 6.72. The molecule has 1 unspecified atom stereocenters. The summed E-state index contributed by atoms with van der Waals surface area (Å²) in [5.41, 5.74) is 2.27. The van der Waals surface area contributed by atoms with E-state index in [0.29, 0.717) is 5.92 Å². The fraction of sp³-hybridized carbons (Fsp3) is 0.500. The number of rotatable bonds is 7. The van der Waals surface area contributed by atoms with Crippen LogP contribution in [0, 0.1) is 5.92 Å². The van der Waals surface area contributed by atoms with Gasteiger partial charge in [0.05, 0.1) is 18.5 Å². The van der Waals surface area contributed by atoms with Crippen LogP contribution >= 0.6 is 0 Å². The molecule has 1 aromatic heterocycles. The van der Waals surface area contributed by atoms with Crippen molar-refractivity contribution < 1.29 is 4.74 Å². The number of para-hydroxylation sites is 1. The van der Waals surface area contributed by atoms with Crippen molar-refractivity contribution in [3.05, 3.63) is 48.3 Å². The number of aromatic nitrogens is 2. The molecule has 0 aliphatic carbocycles. The molecule has 0 saturated carbocycles. The van der Waals surface area contributed by atoms with Crippen LogP contribution < -0.4 is 5.32 Å². The van der Waals surface area contributed by atoms with Crippen LogP contribution in [0.25, 0.3) is 5.69 Å². The van der Waals surface area contributed by atoms with E-state index in [1.807, 2.05) is 29.1 Å². The summed E-state index contributed by atoms with van der Waals surface area (Å²) in [7, 11) is 2.10. The summed E-state index contributed by atoms with van der Waals surface area (Å²) in [6, 6.07) is 10.2. The lowest BCUT2D eigenvalue weighted by Crippen LogP contribution is -2.41. The van der Waals surface area contributed by atoms with E-state index < -0.39 is 0 Å². The van der Waals surface area contributed by atoms with Crippen molar-refractivity contribution >= 4 is 5.96 Å². The minimum atomic E-state index is 0.605. The number of nitrogens with zero attached hydrogens (tertiary/aromatic N) is 4. The van der Waals surface area contributed by atoms with Gasteiger partial charge in [0, 0.05) is 45.4 Å². The highest BCUT2D eigenvalue weighted by Crippen LogP contribution is 2.13. The van der Waals surface area contributed by atoms with Gasteiger partial charge in [0.2, 0.25) is 0 Å². The summed E-state index contributed by atoms with van der Waals surface area (Å²) in [5, 5.41) is 7.84. The van der Waals surface area contributed by atoms with Gasteiger partial charge in [0.15, 0.2) is 5.96 Å². The van der Waals surface area contributed by atoms with Crippen molar-refractivity contribution in [2.24, 2.45) is 10.9 Å². The van der Waals surface area contributed by atoms with Crippen LogP contribution in [0.5, 0.6) is 0 Å². The largest absolute Gasteiger partial charge is 0.381 e.